The van der Waals surface area contributed by atoms with Crippen LogP contribution in [-0.4, -0.2) is 6.13 Å². The van der Waals surface area contributed by atoms with E-state index in [1.807, 2.05) is 0 Å². The normalized spacial score (nSPS) is 19.2. The molecule has 0 saturated carbocycles. The maximum Gasteiger partial charge on any atom is 0.300 e. The molecule has 1 heterocycles. The zero-order chi connectivity index (χ0) is 6.85. The molecular formula is C7H10BCl. The highest BCUT2D eigenvalue weighted by Gasteiger charge is 2.09. The van der Waals surface area contributed by atoms with Crippen LogP contribution in [0.5, 0.6) is 0 Å². The molecule has 0 nitrogen and oxygen atoms in total. The lowest BCUT2D eigenvalue weighted by molar-refractivity contribution is 1.11. The van der Waals surface area contributed by atoms with Crippen molar-refractivity contribution in [3.05, 3.63) is 23.1 Å². The summed E-state index contributed by atoms with van der Waals surface area (Å²) in [5.74, 6) is 4.18. The molecule has 1 aliphatic heterocycles. The van der Waals surface area contributed by atoms with Crippen LogP contribution in [0.4, 0.5) is 0 Å². The molecule has 0 bridgehead atoms. The Labute approximate surface area is 61.6 Å². The first-order chi connectivity index (χ1) is 4.18. The molecule has 48 valence electrons. The fraction of sp³-hybridized carbons (Fsp3) is 0.429. The molecule has 1 rings (SSSR count). The highest BCUT2D eigenvalue weighted by Crippen LogP contribution is 2.17. The molecule has 0 spiro atoms. The third kappa shape index (κ3) is 1.90. The number of allylic oxidation sites excluding steroid dienone is 2. The summed E-state index contributed by atoms with van der Waals surface area (Å²) in [5.41, 5.74) is 2.77. The van der Waals surface area contributed by atoms with Crippen molar-refractivity contribution < 1.29 is 0 Å². The molecule has 0 N–H and O–H groups in total. The van der Waals surface area contributed by atoms with Crippen molar-refractivity contribution >= 4 is 17.6 Å². The lowest BCUT2D eigenvalue weighted by Crippen LogP contribution is -2.03. The van der Waals surface area contributed by atoms with Crippen LogP contribution >= 0.6 is 11.5 Å². The van der Waals surface area contributed by atoms with E-state index in [-0.39, 0.29) is 6.13 Å². The van der Waals surface area contributed by atoms with Crippen molar-refractivity contribution in [2.45, 2.75) is 20.3 Å². The van der Waals surface area contributed by atoms with Gasteiger partial charge in [-0.15, -0.1) is 0 Å². The molecule has 0 amide bonds. The van der Waals surface area contributed by atoms with Gasteiger partial charge < -0.3 is 0 Å². The number of halogens is 1. The van der Waals surface area contributed by atoms with Crippen molar-refractivity contribution in [3.63, 3.8) is 0 Å². The van der Waals surface area contributed by atoms with Gasteiger partial charge in [0.05, 0.1) is 0 Å². The van der Waals surface area contributed by atoms with Gasteiger partial charge in [-0.1, -0.05) is 23.1 Å². The molecule has 9 heavy (non-hydrogen) atoms. The number of hydrogen-bond donors (Lipinski definition) is 0. The topological polar surface area (TPSA) is 0 Å². The highest BCUT2D eigenvalue weighted by molar-refractivity contribution is 7.12. The molecule has 0 unspecified atom stereocenters. The van der Waals surface area contributed by atoms with Gasteiger partial charge in [0.25, 0.3) is 0 Å². The molecule has 0 aromatic carbocycles. The van der Waals surface area contributed by atoms with Crippen molar-refractivity contribution in [3.8, 4) is 0 Å². The first kappa shape index (κ1) is 6.95. The minimum absolute atomic E-state index is 0.138. The molecule has 0 atom stereocenters. The summed E-state index contributed by atoms with van der Waals surface area (Å²) in [5, 5.41) is 0. The fourth-order valence-corrected chi connectivity index (χ4v) is 1.58. The van der Waals surface area contributed by atoms with Crippen LogP contribution in [0.3, 0.4) is 0 Å². The van der Waals surface area contributed by atoms with E-state index in [1.54, 1.807) is 0 Å². The van der Waals surface area contributed by atoms with Gasteiger partial charge in [0.15, 0.2) is 0 Å². The molecule has 0 aliphatic carbocycles. The first-order valence-corrected chi connectivity index (χ1v) is 3.61. The smallest absolute Gasteiger partial charge is 0.183 e. The molecular weight excluding hydrogens is 130 g/mol. The average molecular weight is 140 g/mol. The van der Waals surface area contributed by atoms with Crippen LogP contribution in [-0.2, 0) is 0 Å². The van der Waals surface area contributed by atoms with Gasteiger partial charge in [0.2, 0.25) is 0 Å². The summed E-state index contributed by atoms with van der Waals surface area (Å²) in [6.45, 7) is 4.23. The third-order valence-corrected chi connectivity index (χ3v) is 1.70. The zero-order valence-corrected chi connectivity index (χ0v) is 6.57. The Balaban J connectivity index is 2.69. The van der Waals surface area contributed by atoms with E-state index in [4.69, 9.17) is 11.5 Å². The van der Waals surface area contributed by atoms with Crippen LogP contribution < -0.4 is 0 Å². The standard InChI is InChI=1S/C7H10BCl/c1-6-3-7(2)5-8(9)4-6/h4-5H,3H2,1-2H3. The Bertz CT molecular complexity index is 152. The lowest BCUT2D eigenvalue weighted by atomic mass is 9.69. The lowest BCUT2D eigenvalue weighted by Gasteiger charge is -2.08. The fourth-order valence-electron chi connectivity index (χ4n) is 1.15. The van der Waals surface area contributed by atoms with E-state index in [9.17, 15) is 0 Å². The quantitative estimate of drug-likeness (QED) is 0.454. The Morgan fingerprint density at radius 1 is 1.33 bits per heavy atom. The Morgan fingerprint density at radius 3 is 2.11 bits per heavy atom. The highest BCUT2D eigenvalue weighted by atomic mass is 35.5. The first-order valence-electron chi connectivity index (χ1n) is 3.17. The minimum Gasteiger partial charge on any atom is -0.183 e. The van der Waals surface area contributed by atoms with E-state index in [0.29, 0.717) is 0 Å². The molecule has 0 aromatic heterocycles. The van der Waals surface area contributed by atoms with Crippen molar-refractivity contribution in [2.24, 2.45) is 0 Å². The summed E-state index contributed by atoms with van der Waals surface area (Å²) < 4.78 is 0. The zero-order valence-electron chi connectivity index (χ0n) is 5.82. The van der Waals surface area contributed by atoms with Crippen LogP contribution in [0, 0.1) is 0 Å². The summed E-state index contributed by atoms with van der Waals surface area (Å²) in [7, 11) is 0. The molecule has 0 saturated heterocycles. The summed E-state index contributed by atoms with van der Waals surface area (Å²) in [6, 6.07) is 0. The maximum atomic E-state index is 5.85. The van der Waals surface area contributed by atoms with Crippen molar-refractivity contribution in [1.82, 2.24) is 0 Å². The van der Waals surface area contributed by atoms with E-state index in [1.165, 1.54) is 11.1 Å². The summed E-state index contributed by atoms with van der Waals surface area (Å²) in [4.78, 5) is 0. The van der Waals surface area contributed by atoms with Gasteiger partial charge in [-0.2, -0.15) is 11.5 Å². The van der Waals surface area contributed by atoms with Gasteiger partial charge >= 0.3 is 6.13 Å². The second-order valence-corrected chi connectivity index (χ2v) is 3.15. The largest absolute Gasteiger partial charge is 0.300 e. The van der Waals surface area contributed by atoms with E-state index < -0.39 is 0 Å². The monoisotopic (exact) mass is 140 g/mol. The van der Waals surface area contributed by atoms with Gasteiger partial charge in [-0.3, -0.25) is 0 Å². The number of hydrogen-bond acceptors (Lipinski definition) is 0. The molecule has 0 radical (unpaired) electrons. The van der Waals surface area contributed by atoms with Gasteiger partial charge in [0.1, 0.15) is 0 Å². The molecule has 0 fully saturated rings. The molecule has 2 heteroatoms. The van der Waals surface area contributed by atoms with Crippen LogP contribution in [0.2, 0.25) is 0 Å². The second kappa shape index (κ2) is 2.61. The molecule has 1 aliphatic rings. The second-order valence-electron chi connectivity index (χ2n) is 2.65. The van der Waals surface area contributed by atoms with Crippen LogP contribution in [0.25, 0.3) is 0 Å². The Morgan fingerprint density at radius 2 is 1.78 bits per heavy atom. The van der Waals surface area contributed by atoms with Crippen LogP contribution in [0.15, 0.2) is 23.1 Å². The average Bonchev–Trinajstić information content (AvgIpc) is 1.59. The molecule has 0 aromatic rings. The van der Waals surface area contributed by atoms with Gasteiger partial charge in [-0.05, 0) is 20.3 Å². The SMILES string of the molecule is CC1=CB(Cl)C=C(C)C1. The van der Waals surface area contributed by atoms with Crippen LogP contribution in [0.1, 0.15) is 20.3 Å². The van der Waals surface area contributed by atoms with Gasteiger partial charge in [-0.25, -0.2) is 0 Å². The van der Waals surface area contributed by atoms with E-state index in [0.717, 1.165) is 6.42 Å². The predicted octanol–water partition coefficient (Wildman–Crippen LogP) is 2.59. The minimum atomic E-state index is 0.138. The summed E-state index contributed by atoms with van der Waals surface area (Å²) in [6.07, 6.45) is 1.24. The third-order valence-electron chi connectivity index (χ3n) is 1.45. The van der Waals surface area contributed by atoms with E-state index in [2.05, 4.69) is 25.8 Å². The van der Waals surface area contributed by atoms with Crippen molar-refractivity contribution in [1.29, 1.82) is 0 Å². The predicted molar refractivity (Wildman–Crippen MR) is 43.7 cm³/mol. The summed E-state index contributed by atoms with van der Waals surface area (Å²) >= 11 is 5.85. The number of rotatable bonds is 0. The van der Waals surface area contributed by atoms with Crippen molar-refractivity contribution in [2.75, 3.05) is 0 Å². The van der Waals surface area contributed by atoms with E-state index >= 15 is 0 Å². The Kier molecular flexibility index (Phi) is 2.02. The Hall–Kier alpha value is -0.165. The maximum absolute atomic E-state index is 5.85. The van der Waals surface area contributed by atoms with Gasteiger partial charge in [0, 0.05) is 0 Å².